The van der Waals surface area contributed by atoms with Gasteiger partial charge in [0.2, 0.25) is 0 Å². The zero-order valence-corrected chi connectivity index (χ0v) is 14.4. The number of rotatable bonds is 7. The summed E-state index contributed by atoms with van der Waals surface area (Å²) in [4.78, 5) is 15.9. The molecule has 0 N–H and O–H groups in total. The van der Waals surface area contributed by atoms with E-state index in [9.17, 15) is 4.79 Å². The van der Waals surface area contributed by atoms with Crippen molar-refractivity contribution in [1.82, 2.24) is 9.91 Å². The molecule has 0 bridgehead atoms. The monoisotopic (exact) mass is 339 g/mol. The molecule has 1 aliphatic rings. The van der Waals surface area contributed by atoms with Crippen LogP contribution in [0.1, 0.15) is 16.9 Å². The number of hydrogen-bond acceptors (Lipinski definition) is 4. The molecular formula is C19H21N3OS. The second-order valence-corrected chi connectivity index (χ2v) is 6.75. The fraction of sp³-hybridized carbons (Fsp3) is 0.263. The van der Waals surface area contributed by atoms with Gasteiger partial charge in [-0.1, -0.05) is 42.5 Å². The number of carbonyl (C=O) groups excluding carboxylic acids is 1. The molecule has 2 heterocycles. The Hall–Kier alpha value is -2.24. The highest BCUT2D eigenvalue weighted by molar-refractivity contribution is 7.09. The predicted molar refractivity (Wildman–Crippen MR) is 99.1 cm³/mol. The second-order valence-electron chi connectivity index (χ2n) is 5.72. The van der Waals surface area contributed by atoms with Gasteiger partial charge in [0.1, 0.15) is 0 Å². The van der Waals surface area contributed by atoms with Crippen molar-refractivity contribution in [2.45, 2.75) is 13.0 Å². The van der Waals surface area contributed by atoms with E-state index in [-0.39, 0.29) is 5.91 Å². The Bertz CT molecular complexity index is 709. The molecule has 124 valence electrons. The highest BCUT2D eigenvalue weighted by Crippen LogP contribution is 2.15. The van der Waals surface area contributed by atoms with E-state index in [1.54, 1.807) is 16.3 Å². The fourth-order valence-electron chi connectivity index (χ4n) is 2.73. The lowest BCUT2D eigenvalue weighted by Gasteiger charge is -2.21. The molecule has 0 saturated carbocycles. The van der Waals surface area contributed by atoms with Gasteiger partial charge in [0.05, 0.1) is 18.8 Å². The topological polar surface area (TPSA) is 35.9 Å². The van der Waals surface area contributed by atoms with Gasteiger partial charge in [0.15, 0.2) is 0 Å². The molecule has 0 aliphatic carbocycles. The maximum absolute atomic E-state index is 12.6. The van der Waals surface area contributed by atoms with Gasteiger partial charge in [-0.25, -0.2) is 5.01 Å². The molecule has 0 radical (unpaired) electrons. The first-order valence-corrected chi connectivity index (χ1v) is 8.93. The van der Waals surface area contributed by atoms with Crippen molar-refractivity contribution in [2.75, 3.05) is 19.6 Å². The lowest BCUT2D eigenvalue weighted by Crippen LogP contribution is -2.36. The number of amides is 1. The van der Waals surface area contributed by atoms with Crippen LogP contribution in [0.4, 0.5) is 0 Å². The molecule has 24 heavy (non-hydrogen) atoms. The molecule has 0 unspecified atom stereocenters. The van der Waals surface area contributed by atoms with Gasteiger partial charge in [-0.15, -0.1) is 17.9 Å². The summed E-state index contributed by atoms with van der Waals surface area (Å²) in [6.45, 7) is 6.26. The third-order valence-electron chi connectivity index (χ3n) is 3.90. The van der Waals surface area contributed by atoms with Gasteiger partial charge >= 0.3 is 0 Å². The highest BCUT2D eigenvalue weighted by Gasteiger charge is 2.23. The van der Waals surface area contributed by atoms with E-state index in [0.717, 1.165) is 24.2 Å². The number of nitrogens with zero attached hydrogens (tertiary/aromatic N) is 3. The molecule has 1 aliphatic heterocycles. The van der Waals surface area contributed by atoms with Crippen LogP contribution in [-0.4, -0.2) is 41.2 Å². The molecule has 4 nitrogen and oxygen atoms in total. The zero-order valence-electron chi connectivity index (χ0n) is 13.6. The molecular weight excluding hydrogens is 318 g/mol. The van der Waals surface area contributed by atoms with E-state index in [1.165, 1.54) is 4.88 Å². The lowest BCUT2D eigenvalue weighted by atomic mass is 10.1. The number of hydrogen-bond donors (Lipinski definition) is 0. The van der Waals surface area contributed by atoms with Gasteiger partial charge in [-0.3, -0.25) is 9.69 Å². The average molecular weight is 339 g/mol. The summed E-state index contributed by atoms with van der Waals surface area (Å²) < 4.78 is 0. The van der Waals surface area contributed by atoms with Crippen molar-refractivity contribution in [1.29, 1.82) is 0 Å². The van der Waals surface area contributed by atoms with Gasteiger partial charge in [-0.2, -0.15) is 5.10 Å². The normalized spacial score (nSPS) is 14.0. The summed E-state index contributed by atoms with van der Waals surface area (Å²) in [5.41, 5.74) is 2.08. The summed E-state index contributed by atoms with van der Waals surface area (Å²) in [5, 5.41) is 8.18. The Morgan fingerprint density at radius 3 is 2.83 bits per heavy atom. The maximum Gasteiger partial charge on any atom is 0.256 e. The molecule has 2 aromatic rings. The Balaban J connectivity index is 1.63. The lowest BCUT2D eigenvalue weighted by molar-refractivity contribution is -0.131. The molecule has 5 heteroatoms. The number of thiophene rings is 1. The second kappa shape index (κ2) is 8.04. The maximum atomic E-state index is 12.6. The number of benzene rings is 1. The minimum absolute atomic E-state index is 0.0411. The number of carbonyl (C=O) groups is 1. The SMILES string of the molecule is C=CCN(CC(=O)N1CCC(c2ccccc2)=N1)Cc1cccs1. The summed E-state index contributed by atoms with van der Waals surface area (Å²) >= 11 is 1.71. The van der Waals surface area contributed by atoms with Crippen LogP contribution in [0.2, 0.25) is 0 Å². The predicted octanol–water partition coefficient (Wildman–Crippen LogP) is 3.37. The third-order valence-corrected chi connectivity index (χ3v) is 4.76. The highest BCUT2D eigenvalue weighted by atomic mass is 32.1. The van der Waals surface area contributed by atoms with Gasteiger partial charge in [-0.05, 0) is 17.0 Å². The summed E-state index contributed by atoms with van der Waals surface area (Å²) in [6, 6.07) is 14.2. The smallest absolute Gasteiger partial charge is 0.256 e. The van der Waals surface area contributed by atoms with Gasteiger partial charge in [0, 0.05) is 24.4 Å². The van der Waals surface area contributed by atoms with Gasteiger partial charge in [0.25, 0.3) is 5.91 Å². The molecule has 0 saturated heterocycles. The van der Waals surface area contributed by atoms with E-state index < -0.39 is 0 Å². The van der Waals surface area contributed by atoms with Crippen LogP contribution >= 0.6 is 11.3 Å². The van der Waals surface area contributed by atoms with Crippen LogP contribution in [0, 0.1) is 0 Å². The van der Waals surface area contributed by atoms with E-state index in [0.29, 0.717) is 19.6 Å². The standard InChI is InChI=1S/C19H21N3OS/c1-2-11-21(14-17-9-6-13-24-17)15-19(23)22-12-10-18(20-22)16-7-4-3-5-8-16/h2-9,13H,1,10-12,14-15H2. The number of hydrazone groups is 1. The Labute approximate surface area is 146 Å². The van der Waals surface area contributed by atoms with Crippen LogP contribution in [0.25, 0.3) is 0 Å². The molecule has 1 aromatic carbocycles. The third kappa shape index (κ3) is 4.19. The Morgan fingerprint density at radius 1 is 1.29 bits per heavy atom. The minimum Gasteiger partial charge on any atom is -0.286 e. The van der Waals surface area contributed by atoms with Crippen LogP contribution < -0.4 is 0 Å². The first-order valence-electron chi connectivity index (χ1n) is 8.05. The molecule has 1 aromatic heterocycles. The van der Waals surface area contributed by atoms with Crippen molar-refractivity contribution in [3.05, 3.63) is 70.9 Å². The molecule has 0 atom stereocenters. The van der Waals surface area contributed by atoms with Crippen LogP contribution in [0.3, 0.4) is 0 Å². The van der Waals surface area contributed by atoms with Crippen molar-refractivity contribution in [2.24, 2.45) is 5.10 Å². The summed E-state index contributed by atoms with van der Waals surface area (Å²) in [5.74, 6) is 0.0411. The largest absolute Gasteiger partial charge is 0.286 e. The summed E-state index contributed by atoms with van der Waals surface area (Å²) in [7, 11) is 0. The zero-order chi connectivity index (χ0) is 16.8. The van der Waals surface area contributed by atoms with Gasteiger partial charge < -0.3 is 0 Å². The molecule has 3 rings (SSSR count). The first kappa shape index (κ1) is 16.6. The fourth-order valence-corrected chi connectivity index (χ4v) is 3.48. The Kier molecular flexibility index (Phi) is 5.56. The molecule has 0 fully saturated rings. The van der Waals surface area contributed by atoms with E-state index in [1.807, 2.05) is 42.5 Å². The van der Waals surface area contributed by atoms with E-state index >= 15 is 0 Å². The van der Waals surface area contributed by atoms with Crippen molar-refractivity contribution < 1.29 is 4.79 Å². The van der Waals surface area contributed by atoms with E-state index in [2.05, 4.69) is 28.0 Å². The van der Waals surface area contributed by atoms with Crippen molar-refractivity contribution >= 4 is 23.0 Å². The van der Waals surface area contributed by atoms with Crippen LogP contribution in [0.5, 0.6) is 0 Å². The Morgan fingerprint density at radius 2 is 2.12 bits per heavy atom. The average Bonchev–Trinajstić information content (AvgIpc) is 3.27. The van der Waals surface area contributed by atoms with Crippen molar-refractivity contribution in [3.63, 3.8) is 0 Å². The van der Waals surface area contributed by atoms with Crippen LogP contribution in [-0.2, 0) is 11.3 Å². The first-order chi connectivity index (χ1) is 11.8. The quantitative estimate of drug-likeness (QED) is 0.725. The molecule has 1 amide bonds. The minimum atomic E-state index is 0.0411. The summed E-state index contributed by atoms with van der Waals surface area (Å²) in [6.07, 6.45) is 2.64. The van der Waals surface area contributed by atoms with Crippen LogP contribution in [0.15, 0.2) is 65.6 Å². The van der Waals surface area contributed by atoms with E-state index in [4.69, 9.17) is 0 Å². The van der Waals surface area contributed by atoms with Crippen molar-refractivity contribution in [3.8, 4) is 0 Å². The molecule has 0 spiro atoms.